The van der Waals surface area contributed by atoms with Gasteiger partial charge in [0.05, 0.1) is 0 Å². The highest BCUT2D eigenvalue weighted by Gasteiger charge is 2.24. The molecule has 0 bridgehead atoms. The van der Waals surface area contributed by atoms with Crippen LogP contribution in [0.5, 0.6) is 0 Å². The number of hydrogen-bond acceptors (Lipinski definition) is 3. The Hall–Kier alpha value is -2.82. The zero-order valence-corrected chi connectivity index (χ0v) is 13.9. The van der Waals surface area contributed by atoms with Gasteiger partial charge in [-0.1, -0.05) is 62.4 Å². The van der Waals surface area contributed by atoms with E-state index in [4.69, 9.17) is 4.74 Å². The molecule has 0 radical (unpaired) electrons. The largest absolute Gasteiger partial charge is 0.445 e. The van der Waals surface area contributed by atoms with Gasteiger partial charge in [0.15, 0.2) is 0 Å². The normalized spacial score (nSPS) is 11.6. The molecule has 0 spiro atoms. The molecular weight excluding hydrogens is 304 g/mol. The average molecular weight is 326 g/mol. The number of ether oxygens (including phenoxy) is 1. The molecule has 0 aliphatic carbocycles. The van der Waals surface area contributed by atoms with Crippen molar-refractivity contribution in [3.05, 3.63) is 66.2 Å². The first-order valence-corrected chi connectivity index (χ1v) is 7.89. The van der Waals surface area contributed by atoms with Gasteiger partial charge < -0.3 is 15.4 Å². The van der Waals surface area contributed by atoms with Crippen LogP contribution in [0.2, 0.25) is 0 Å². The lowest BCUT2D eigenvalue weighted by molar-refractivity contribution is -0.119. The number of benzene rings is 2. The molecule has 0 aliphatic rings. The first-order chi connectivity index (χ1) is 11.6. The topological polar surface area (TPSA) is 67.4 Å². The fraction of sp³-hybridized carbons (Fsp3) is 0.263. The number of amides is 2. The van der Waals surface area contributed by atoms with Gasteiger partial charge in [0.25, 0.3) is 0 Å². The van der Waals surface area contributed by atoms with Crippen LogP contribution in [0.4, 0.5) is 10.5 Å². The molecule has 2 rings (SSSR count). The zero-order valence-electron chi connectivity index (χ0n) is 13.9. The summed E-state index contributed by atoms with van der Waals surface area (Å²) in [5.41, 5.74) is 1.58. The van der Waals surface area contributed by atoms with Crippen molar-refractivity contribution in [1.82, 2.24) is 5.32 Å². The van der Waals surface area contributed by atoms with Crippen LogP contribution in [-0.4, -0.2) is 18.0 Å². The lowest BCUT2D eigenvalue weighted by atomic mass is 10.0. The molecule has 5 heteroatoms. The summed E-state index contributed by atoms with van der Waals surface area (Å²) in [7, 11) is 0. The molecule has 0 fully saturated rings. The SMILES string of the molecule is CC(C)[C@H](NC(=O)OCc1ccccc1)C(=O)Nc1ccccc1. The first-order valence-electron chi connectivity index (χ1n) is 7.89. The number of anilines is 1. The van der Waals surface area contributed by atoms with Crippen LogP contribution >= 0.6 is 0 Å². The van der Waals surface area contributed by atoms with Gasteiger partial charge in [0.1, 0.15) is 12.6 Å². The maximum atomic E-state index is 12.4. The highest BCUT2D eigenvalue weighted by Crippen LogP contribution is 2.10. The molecule has 2 aromatic carbocycles. The Balaban J connectivity index is 1.90. The Morgan fingerprint density at radius 1 is 0.958 bits per heavy atom. The Labute approximate surface area is 142 Å². The van der Waals surface area contributed by atoms with Crippen molar-refractivity contribution in [2.45, 2.75) is 26.5 Å². The number of rotatable bonds is 6. The predicted molar refractivity (Wildman–Crippen MR) is 93.5 cm³/mol. The van der Waals surface area contributed by atoms with E-state index in [-0.39, 0.29) is 18.4 Å². The summed E-state index contributed by atoms with van der Waals surface area (Å²) in [6.07, 6.45) is -0.610. The molecule has 126 valence electrons. The minimum atomic E-state index is -0.673. The maximum absolute atomic E-state index is 12.4. The van der Waals surface area contributed by atoms with Crippen molar-refractivity contribution >= 4 is 17.7 Å². The molecule has 0 heterocycles. The fourth-order valence-electron chi connectivity index (χ4n) is 2.17. The molecule has 5 nitrogen and oxygen atoms in total. The van der Waals surface area contributed by atoms with Crippen molar-refractivity contribution in [2.75, 3.05) is 5.32 Å². The van der Waals surface area contributed by atoms with E-state index >= 15 is 0 Å². The van der Waals surface area contributed by atoms with Crippen LogP contribution in [0.3, 0.4) is 0 Å². The van der Waals surface area contributed by atoms with Gasteiger partial charge in [0.2, 0.25) is 5.91 Å². The van der Waals surface area contributed by atoms with Crippen molar-refractivity contribution in [3.8, 4) is 0 Å². The van der Waals surface area contributed by atoms with E-state index in [1.165, 1.54) is 0 Å². The van der Waals surface area contributed by atoms with Gasteiger partial charge >= 0.3 is 6.09 Å². The summed E-state index contributed by atoms with van der Waals surface area (Å²) in [6.45, 7) is 3.90. The van der Waals surface area contributed by atoms with Gasteiger partial charge in [-0.25, -0.2) is 4.79 Å². The number of carbonyl (C=O) groups excluding carboxylic acids is 2. The molecular formula is C19H22N2O3. The molecule has 2 N–H and O–H groups in total. The third kappa shape index (κ3) is 5.43. The van der Waals surface area contributed by atoms with E-state index in [2.05, 4.69) is 10.6 Å². The van der Waals surface area contributed by atoms with Crippen LogP contribution in [-0.2, 0) is 16.1 Å². The van der Waals surface area contributed by atoms with Gasteiger partial charge in [-0.15, -0.1) is 0 Å². The molecule has 1 atom stereocenters. The summed E-state index contributed by atoms with van der Waals surface area (Å²) in [5, 5.41) is 5.43. The second-order valence-corrected chi connectivity index (χ2v) is 5.78. The highest BCUT2D eigenvalue weighted by molar-refractivity contribution is 5.96. The Morgan fingerprint density at radius 2 is 1.54 bits per heavy atom. The molecule has 0 saturated heterocycles. The van der Waals surface area contributed by atoms with Gasteiger partial charge in [-0.3, -0.25) is 4.79 Å². The van der Waals surface area contributed by atoms with Crippen LogP contribution in [0, 0.1) is 5.92 Å². The third-order valence-corrected chi connectivity index (χ3v) is 3.48. The van der Waals surface area contributed by atoms with Crippen LogP contribution < -0.4 is 10.6 Å². The predicted octanol–water partition coefficient (Wildman–Crippen LogP) is 3.58. The molecule has 2 aromatic rings. The van der Waals surface area contributed by atoms with E-state index in [9.17, 15) is 9.59 Å². The number of hydrogen-bond donors (Lipinski definition) is 2. The van der Waals surface area contributed by atoms with Crippen molar-refractivity contribution in [1.29, 1.82) is 0 Å². The number of nitrogens with one attached hydrogen (secondary N) is 2. The Morgan fingerprint density at radius 3 is 2.12 bits per heavy atom. The molecule has 2 amide bonds. The van der Waals surface area contributed by atoms with Gasteiger partial charge in [0, 0.05) is 5.69 Å². The van der Waals surface area contributed by atoms with Crippen LogP contribution in [0.15, 0.2) is 60.7 Å². The number of carbonyl (C=O) groups is 2. The second-order valence-electron chi connectivity index (χ2n) is 5.78. The van der Waals surface area contributed by atoms with Gasteiger partial charge in [-0.2, -0.15) is 0 Å². The summed E-state index contributed by atoms with van der Waals surface area (Å²) >= 11 is 0. The molecule has 0 unspecified atom stereocenters. The Kier molecular flexibility index (Phi) is 6.37. The summed E-state index contributed by atoms with van der Waals surface area (Å²) in [6, 6.07) is 17.8. The summed E-state index contributed by atoms with van der Waals surface area (Å²) in [5.74, 6) is -0.342. The minimum Gasteiger partial charge on any atom is -0.445 e. The van der Waals surface area contributed by atoms with Crippen LogP contribution in [0.25, 0.3) is 0 Å². The third-order valence-electron chi connectivity index (χ3n) is 3.48. The number of alkyl carbamates (subject to hydrolysis) is 1. The molecule has 24 heavy (non-hydrogen) atoms. The highest BCUT2D eigenvalue weighted by atomic mass is 16.5. The summed E-state index contributed by atoms with van der Waals surface area (Å²) in [4.78, 5) is 24.4. The molecule has 0 aliphatic heterocycles. The fourth-order valence-corrected chi connectivity index (χ4v) is 2.17. The standard InChI is InChI=1S/C19H22N2O3/c1-14(2)17(18(22)20-16-11-7-4-8-12-16)21-19(23)24-13-15-9-5-3-6-10-15/h3-12,14,17H,13H2,1-2H3,(H,20,22)(H,21,23)/t17-/m0/s1. The lowest BCUT2D eigenvalue weighted by Gasteiger charge is -2.21. The quantitative estimate of drug-likeness (QED) is 0.852. The summed E-state index contributed by atoms with van der Waals surface area (Å²) < 4.78 is 5.18. The number of para-hydroxylation sites is 1. The van der Waals surface area contributed by atoms with E-state index in [0.717, 1.165) is 5.56 Å². The van der Waals surface area contributed by atoms with E-state index in [0.29, 0.717) is 5.69 Å². The van der Waals surface area contributed by atoms with E-state index < -0.39 is 12.1 Å². The zero-order chi connectivity index (χ0) is 17.4. The van der Waals surface area contributed by atoms with Crippen molar-refractivity contribution < 1.29 is 14.3 Å². The Bertz CT molecular complexity index is 657. The molecule has 0 saturated carbocycles. The van der Waals surface area contributed by atoms with Crippen LogP contribution in [0.1, 0.15) is 19.4 Å². The smallest absolute Gasteiger partial charge is 0.408 e. The van der Waals surface area contributed by atoms with E-state index in [1.54, 1.807) is 12.1 Å². The first kappa shape index (κ1) is 17.5. The monoisotopic (exact) mass is 326 g/mol. The minimum absolute atomic E-state index is 0.0713. The average Bonchev–Trinajstić information content (AvgIpc) is 2.59. The maximum Gasteiger partial charge on any atom is 0.408 e. The second kappa shape index (κ2) is 8.72. The van der Waals surface area contributed by atoms with Gasteiger partial charge in [-0.05, 0) is 23.6 Å². The van der Waals surface area contributed by atoms with Crippen molar-refractivity contribution in [3.63, 3.8) is 0 Å². The molecule has 0 aromatic heterocycles. The van der Waals surface area contributed by atoms with Crippen molar-refractivity contribution in [2.24, 2.45) is 5.92 Å². The van der Waals surface area contributed by atoms with E-state index in [1.807, 2.05) is 62.4 Å². The lowest BCUT2D eigenvalue weighted by Crippen LogP contribution is -2.47.